The monoisotopic (exact) mass is 472 g/mol. The Bertz CT molecular complexity index is 1350. The average Bonchev–Trinajstić information content (AvgIpc) is 2.76. The first-order valence-electron chi connectivity index (χ1n) is 10.7. The molecule has 2 aromatic carbocycles. The van der Waals surface area contributed by atoms with E-state index in [-0.39, 0.29) is 16.8 Å². The quantitative estimate of drug-likeness (QED) is 0.615. The molecule has 1 fully saturated rings. The van der Waals surface area contributed by atoms with Crippen LogP contribution in [0.2, 0.25) is 0 Å². The molecule has 33 heavy (non-hydrogen) atoms. The maximum atomic E-state index is 13.5. The van der Waals surface area contributed by atoms with E-state index in [0.29, 0.717) is 36.1 Å². The first kappa shape index (κ1) is 23.1. The highest BCUT2D eigenvalue weighted by Gasteiger charge is 2.31. The largest absolute Gasteiger partial charge is 0.325 e. The number of hydrogen-bond acceptors (Lipinski definition) is 5. The predicted octanol–water partition coefficient (Wildman–Crippen LogP) is 2.84. The van der Waals surface area contributed by atoms with Gasteiger partial charge in [-0.25, -0.2) is 17.8 Å². The smallest absolute Gasteiger partial charge is 0.261 e. The van der Waals surface area contributed by atoms with Crippen molar-refractivity contribution in [2.75, 3.05) is 18.4 Å². The fourth-order valence-corrected chi connectivity index (χ4v) is 5.94. The van der Waals surface area contributed by atoms with Crippen LogP contribution >= 0.6 is 0 Å². The van der Waals surface area contributed by atoms with Crippen LogP contribution in [0.25, 0.3) is 10.9 Å². The minimum absolute atomic E-state index is 0.0845. The summed E-state index contributed by atoms with van der Waals surface area (Å²) >= 11 is 0. The lowest BCUT2D eigenvalue weighted by Gasteiger charge is -2.34. The zero-order valence-corrected chi connectivity index (χ0v) is 19.2. The van der Waals surface area contributed by atoms with Gasteiger partial charge in [-0.05, 0) is 60.7 Å². The molecular weight excluding hydrogens is 447 g/mol. The van der Waals surface area contributed by atoms with Crippen LogP contribution in [0, 0.1) is 17.7 Å². The van der Waals surface area contributed by atoms with Crippen molar-refractivity contribution in [1.29, 1.82) is 0 Å². The van der Waals surface area contributed by atoms with Gasteiger partial charge in [0.1, 0.15) is 12.4 Å². The summed E-state index contributed by atoms with van der Waals surface area (Å²) in [4.78, 5) is 29.2. The van der Waals surface area contributed by atoms with E-state index in [4.69, 9.17) is 0 Å². The summed E-state index contributed by atoms with van der Waals surface area (Å²) in [7, 11) is -3.62. The highest BCUT2D eigenvalue weighted by Crippen LogP contribution is 2.27. The number of piperidine rings is 1. The third kappa shape index (κ3) is 4.96. The van der Waals surface area contributed by atoms with Gasteiger partial charge in [0, 0.05) is 18.8 Å². The van der Waals surface area contributed by atoms with Gasteiger partial charge in [0.25, 0.3) is 5.56 Å². The number of anilines is 1. The predicted molar refractivity (Wildman–Crippen MR) is 123 cm³/mol. The van der Waals surface area contributed by atoms with E-state index in [0.717, 1.165) is 17.1 Å². The van der Waals surface area contributed by atoms with Crippen molar-refractivity contribution in [1.82, 2.24) is 13.9 Å². The van der Waals surface area contributed by atoms with Crippen molar-refractivity contribution in [2.45, 2.75) is 31.7 Å². The molecule has 2 unspecified atom stereocenters. The molecule has 1 N–H and O–H groups in total. The zero-order valence-electron chi connectivity index (χ0n) is 18.4. The fourth-order valence-electron chi connectivity index (χ4n) is 4.26. The third-order valence-corrected chi connectivity index (χ3v) is 7.56. The number of benzene rings is 2. The van der Waals surface area contributed by atoms with Gasteiger partial charge >= 0.3 is 0 Å². The van der Waals surface area contributed by atoms with Crippen molar-refractivity contribution >= 4 is 32.5 Å². The fraction of sp³-hybridized carbons (Fsp3) is 0.348. The van der Waals surface area contributed by atoms with Crippen molar-refractivity contribution in [3.63, 3.8) is 0 Å². The van der Waals surface area contributed by atoms with E-state index in [2.05, 4.69) is 10.3 Å². The minimum atomic E-state index is -3.62. The number of halogens is 1. The van der Waals surface area contributed by atoms with Crippen LogP contribution in [0.5, 0.6) is 0 Å². The van der Waals surface area contributed by atoms with E-state index in [1.807, 2.05) is 13.8 Å². The Morgan fingerprint density at radius 1 is 1.12 bits per heavy atom. The Balaban J connectivity index is 1.46. The van der Waals surface area contributed by atoms with E-state index < -0.39 is 27.3 Å². The molecule has 10 heteroatoms. The molecule has 0 saturated carbocycles. The highest BCUT2D eigenvalue weighted by atomic mass is 32.2. The number of fused-ring (bicyclic) bond motifs is 1. The Kier molecular flexibility index (Phi) is 6.31. The lowest BCUT2D eigenvalue weighted by molar-refractivity contribution is -0.116. The molecule has 1 saturated heterocycles. The number of hydrogen-bond donors (Lipinski definition) is 1. The molecule has 174 valence electrons. The van der Waals surface area contributed by atoms with E-state index in [1.165, 1.54) is 47.0 Å². The summed E-state index contributed by atoms with van der Waals surface area (Å²) in [6.45, 7) is 4.75. The van der Waals surface area contributed by atoms with Gasteiger partial charge in [-0.15, -0.1) is 0 Å². The third-order valence-electron chi connectivity index (χ3n) is 5.71. The summed E-state index contributed by atoms with van der Waals surface area (Å²) in [6, 6.07) is 9.64. The molecule has 1 aliphatic heterocycles. The van der Waals surface area contributed by atoms with Crippen LogP contribution < -0.4 is 10.9 Å². The van der Waals surface area contributed by atoms with Crippen molar-refractivity contribution in [2.24, 2.45) is 11.8 Å². The maximum absolute atomic E-state index is 13.5. The van der Waals surface area contributed by atoms with Crippen molar-refractivity contribution in [3.05, 3.63) is 65.0 Å². The molecule has 3 aromatic rings. The number of nitrogens with one attached hydrogen (secondary N) is 1. The summed E-state index contributed by atoms with van der Waals surface area (Å²) in [5.41, 5.74) is 0.209. The standard InChI is InChI=1S/C23H25FN4O4S/c1-15-9-16(2)12-28(11-15)33(31,32)19-6-4-18(5-7-19)26-22(29)13-27-14-25-21-8-3-17(24)10-20(21)23(27)30/h3-8,10,14-16H,9,11-13H2,1-2H3,(H,26,29). The van der Waals surface area contributed by atoms with Crippen LogP contribution in [0.3, 0.4) is 0 Å². The number of aromatic nitrogens is 2. The lowest BCUT2D eigenvalue weighted by atomic mass is 9.94. The van der Waals surface area contributed by atoms with Crippen LogP contribution in [0.4, 0.5) is 10.1 Å². The zero-order chi connectivity index (χ0) is 23.8. The van der Waals surface area contributed by atoms with Gasteiger partial charge in [-0.3, -0.25) is 14.2 Å². The highest BCUT2D eigenvalue weighted by molar-refractivity contribution is 7.89. The molecule has 0 aliphatic carbocycles. The molecule has 2 atom stereocenters. The molecule has 0 bridgehead atoms. The normalized spacial score (nSPS) is 19.5. The van der Waals surface area contributed by atoms with Gasteiger partial charge in [-0.1, -0.05) is 13.8 Å². The topological polar surface area (TPSA) is 101 Å². The van der Waals surface area contributed by atoms with E-state index >= 15 is 0 Å². The first-order valence-corrected chi connectivity index (χ1v) is 12.1. The molecule has 1 aromatic heterocycles. The number of amides is 1. The second-order valence-electron chi connectivity index (χ2n) is 8.68. The second kappa shape index (κ2) is 9.03. The van der Waals surface area contributed by atoms with Gasteiger partial charge in [0.05, 0.1) is 22.1 Å². The van der Waals surface area contributed by atoms with Gasteiger partial charge in [-0.2, -0.15) is 4.31 Å². The lowest BCUT2D eigenvalue weighted by Crippen LogP contribution is -2.42. The number of carbonyl (C=O) groups is 1. The minimum Gasteiger partial charge on any atom is -0.325 e. The number of sulfonamides is 1. The van der Waals surface area contributed by atoms with Crippen LogP contribution in [-0.2, 0) is 21.4 Å². The van der Waals surface area contributed by atoms with Gasteiger partial charge < -0.3 is 5.32 Å². The van der Waals surface area contributed by atoms with Crippen LogP contribution in [0.1, 0.15) is 20.3 Å². The van der Waals surface area contributed by atoms with Crippen molar-refractivity contribution in [3.8, 4) is 0 Å². The van der Waals surface area contributed by atoms with Crippen molar-refractivity contribution < 1.29 is 17.6 Å². The molecule has 2 heterocycles. The van der Waals surface area contributed by atoms with E-state index in [9.17, 15) is 22.4 Å². The average molecular weight is 473 g/mol. The van der Waals surface area contributed by atoms with Gasteiger partial charge in [0.2, 0.25) is 15.9 Å². The Morgan fingerprint density at radius 3 is 2.45 bits per heavy atom. The van der Waals surface area contributed by atoms with Crippen LogP contribution in [-0.4, -0.2) is 41.3 Å². The Hall–Kier alpha value is -3.11. The molecule has 1 amide bonds. The van der Waals surface area contributed by atoms with Crippen LogP contribution in [0.15, 0.2) is 58.5 Å². The molecule has 1 aliphatic rings. The Morgan fingerprint density at radius 2 is 1.79 bits per heavy atom. The summed E-state index contributed by atoms with van der Waals surface area (Å²) in [6.07, 6.45) is 2.24. The Labute approximate surface area is 191 Å². The SMILES string of the molecule is CC1CC(C)CN(S(=O)(=O)c2ccc(NC(=O)Cn3cnc4ccc(F)cc4c3=O)cc2)C1. The maximum Gasteiger partial charge on any atom is 0.261 e. The first-order chi connectivity index (χ1) is 15.6. The van der Waals surface area contributed by atoms with Gasteiger partial charge in [0.15, 0.2) is 0 Å². The van der Waals surface area contributed by atoms with E-state index in [1.54, 1.807) is 0 Å². The molecule has 4 rings (SSSR count). The summed E-state index contributed by atoms with van der Waals surface area (Å²) < 4.78 is 42.1. The summed E-state index contributed by atoms with van der Waals surface area (Å²) in [5, 5.41) is 2.72. The summed E-state index contributed by atoms with van der Waals surface area (Å²) in [5.74, 6) is -0.464. The number of carbonyl (C=O) groups excluding carboxylic acids is 1. The molecule has 8 nitrogen and oxygen atoms in total. The number of rotatable bonds is 5. The number of nitrogens with zero attached hydrogens (tertiary/aromatic N) is 3. The second-order valence-corrected chi connectivity index (χ2v) is 10.6. The molecular formula is C23H25FN4O4S. The molecule has 0 spiro atoms. The molecule has 0 radical (unpaired) electrons.